The van der Waals surface area contributed by atoms with Crippen LogP contribution in [0.5, 0.6) is 0 Å². The van der Waals surface area contributed by atoms with Gasteiger partial charge in [0.15, 0.2) is 0 Å². The van der Waals surface area contributed by atoms with Gasteiger partial charge in [-0.3, -0.25) is 0 Å². The highest BCUT2D eigenvalue weighted by Crippen LogP contribution is 2.30. The molecule has 2 rings (SSSR count). The van der Waals surface area contributed by atoms with Crippen molar-refractivity contribution >= 4 is 15.8 Å². The van der Waals surface area contributed by atoms with E-state index in [0.717, 1.165) is 6.42 Å². The van der Waals surface area contributed by atoms with Crippen LogP contribution in [0.2, 0.25) is 0 Å². The van der Waals surface area contributed by atoms with Crippen molar-refractivity contribution < 1.29 is 13.5 Å². The van der Waals surface area contributed by atoms with Crippen LogP contribution >= 0.6 is 0 Å². The maximum absolute atomic E-state index is 12.5. The summed E-state index contributed by atoms with van der Waals surface area (Å²) in [6.45, 7) is 2.19. The highest BCUT2D eigenvalue weighted by molar-refractivity contribution is 7.89. The van der Waals surface area contributed by atoms with E-state index in [1.54, 1.807) is 0 Å². The molecule has 1 aliphatic heterocycles. The van der Waals surface area contributed by atoms with Crippen LogP contribution in [0.25, 0.3) is 0 Å². The minimum atomic E-state index is -3.63. The summed E-state index contributed by atoms with van der Waals surface area (Å²) in [4.78, 5) is 4.01. The lowest BCUT2D eigenvalue weighted by molar-refractivity contribution is 0.191. The minimum absolute atomic E-state index is 0.128. The Labute approximate surface area is 112 Å². The average molecular weight is 286 g/mol. The number of aromatic nitrogens is 1. The molecule has 0 spiro atoms. The number of anilines is 1. The first-order valence-electron chi connectivity index (χ1n) is 6.06. The van der Waals surface area contributed by atoms with Gasteiger partial charge in [0.25, 0.3) is 0 Å². The molecule has 1 aliphatic rings. The number of nitrogens with one attached hydrogen (secondary N) is 1. The fourth-order valence-corrected chi connectivity index (χ4v) is 4.07. The molecule has 2 unspecified atom stereocenters. The molecule has 0 radical (unpaired) electrons. The Hall–Kier alpha value is -1.22. The molecule has 1 saturated heterocycles. The van der Waals surface area contributed by atoms with Crippen molar-refractivity contribution in [2.24, 2.45) is 11.8 Å². The molecule has 19 heavy (non-hydrogen) atoms. The zero-order valence-electron chi connectivity index (χ0n) is 10.7. The Kier molecular flexibility index (Phi) is 4.04. The number of pyridine rings is 1. The number of aliphatic hydroxyl groups excluding tert-OH is 1. The Morgan fingerprint density at radius 3 is 3.00 bits per heavy atom. The van der Waals surface area contributed by atoms with Crippen molar-refractivity contribution in [3.8, 4) is 0 Å². The van der Waals surface area contributed by atoms with Gasteiger partial charge in [0, 0.05) is 18.8 Å². The van der Waals surface area contributed by atoms with E-state index in [2.05, 4.69) is 10.4 Å². The third kappa shape index (κ3) is 2.57. The molecule has 0 aromatic carbocycles. The standard InChI is InChI=1S/C11H18N4O3S/c1-8-3-5-15(10(8)7-16)19(17,18)9-2-4-13-11(6-9)14-12/h2,4,6,8,10,16H,3,5,7,12H2,1H3,(H,13,14). The Balaban J connectivity index is 2.36. The second-order valence-corrected chi connectivity index (χ2v) is 6.54. The van der Waals surface area contributed by atoms with Gasteiger partial charge in [-0.2, -0.15) is 4.31 Å². The van der Waals surface area contributed by atoms with Crippen LogP contribution in [-0.2, 0) is 10.0 Å². The smallest absolute Gasteiger partial charge is 0.243 e. The maximum atomic E-state index is 12.5. The van der Waals surface area contributed by atoms with Crippen LogP contribution in [0.3, 0.4) is 0 Å². The highest BCUT2D eigenvalue weighted by Gasteiger charge is 2.39. The Bertz CT molecular complexity index is 549. The summed E-state index contributed by atoms with van der Waals surface area (Å²) in [5.41, 5.74) is 2.32. The van der Waals surface area contributed by atoms with Crippen LogP contribution in [0.1, 0.15) is 13.3 Å². The van der Waals surface area contributed by atoms with Crippen LogP contribution in [0.4, 0.5) is 5.82 Å². The van der Waals surface area contributed by atoms with Gasteiger partial charge in [0.2, 0.25) is 10.0 Å². The monoisotopic (exact) mass is 286 g/mol. The molecule has 1 fully saturated rings. The van der Waals surface area contributed by atoms with E-state index in [9.17, 15) is 13.5 Å². The van der Waals surface area contributed by atoms with Crippen molar-refractivity contribution in [3.05, 3.63) is 18.3 Å². The van der Waals surface area contributed by atoms with Crippen molar-refractivity contribution in [1.29, 1.82) is 0 Å². The summed E-state index contributed by atoms with van der Waals surface area (Å²) in [7, 11) is -3.63. The van der Waals surface area contributed by atoms with Gasteiger partial charge < -0.3 is 10.5 Å². The number of aliphatic hydroxyl groups is 1. The molecular weight excluding hydrogens is 268 g/mol. The lowest BCUT2D eigenvalue weighted by Gasteiger charge is -2.24. The third-order valence-electron chi connectivity index (χ3n) is 3.50. The van der Waals surface area contributed by atoms with E-state index in [-0.39, 0.29) is 29.3 Å². The number of rotatable bonds is 4. The van der Waals surface area contributed by atoms with Crippen LogP contribution in [-0.4, -0.2) is 42.0 Å². The zero-order chi connectivity index (χ0) is 14.0. The number of hydrazine groups is 1. The first kappa shape index (κ1) is 14.2. The molecule has 8 heteroatoms. The van der Waals surface area contributed by atoms with Crippen molar-refractivity contribution in [1.82, 2.24) is 9.29 Å². The summed E-state index contributed by atoms with van der Waals surface area (Å²) >= 11 is 0. The molecule has 106 valence electrons. The number of nitrogens with zero attached hydrogens (tertiary/aromatic N) is 2. The average Bonchev–Trinajstić information content (AvgIpc) is 2.80. The zero-order valence-corrected chi connectivity index (χ0v) is 11.5. The van der Waals surface area contributed by atoms with Gasteiger partial charge >= 0.3 is 0 Å². The first-order valence-corrected chi connectivity index (χ1v) is 7.50. The largest absolute Gasteiger partial charge is 0.395 e. The highest BCUT2D eigenvalue weighted by atomic mass is 32.2. The first-order chi connectivity index (χ1) is 9.00. The number of sulfonamides is 1. The molecule has 1 aromatic rings. The van der Waals surface area contributed by atoms with Crippen LogP contribution < -0.4 is 11.3 Å². The van der Waals surface area contributed by atoms with Crippen LogP contribution in [0.15, 0.2) is 23.2 Å². The summed E-state index contributed by atoms with van der Waals surface area (Å²) < 4.78 is 26.4. The molecule has 7 nitrogen and oxygen atoms in total. The van der Waals surface area contributed by atoms with Crippen molar-refractivity contribution in [2.45, 2.75) is 24.3 Å². The van der Waals surface area contributed by atoms with E-state index in [0.29, 0.717) is 6.54 Å². The predicted molar refractivity (Wildman–Crippen MR) is 70.6 cm³/mol. The summed E-state index contributed by atoms with van der Waals surface area (Å²) in [5.74, 6) is 5.66. The predicted octanol–water partition coefficient (Wildman–Crippen LogP) is -0.241. The second kappa shape index (κ2) is 5.41. The number of hydrogen-bond donors (Lipinski definition) is 3. The SMILES string of the molecule is CC1CCN(S(=O)(=O)c2ccnc(NN)c2)C1CO. The van der Waals surface area contributed by atoms with Gasteiger partial charge in [-0.15, -0.1) is 0 Å². The van der Waals surface area contributed by atoms with Gasteiger partial charge in [-0.1, -0.05) is 6.92 Å². The molecule has 0 amide bonds. The van der Waals surface area contributed by atoms with E-state index in [4.69, 9.17) is 5.84 Å². The van der Waals surface area contributed by atoms with Gasteiger partial charge in [-0.25, -0.2) is 19.2 Å². The number of nitrogen functional groups attached to an aromatic ring is 1. The number of nitrogens with two attached hydrogens (primary N) is 1. The molecule has 2 heterocycles. The fraction of sp³-hybridized carbons (Fsp3) is 0.545. The molecule has 0 saturated carbocycles. The van der Waals surface area contributed by atoms with E-state index in [1.165, 1.54) is 22.6 Å². The second-order valence-electron chi connectivity index (χ2n) is 4.65. The fourth-order valence-electron chi connectivity index (χ4n) is 2.33. The lowest BCUT2D eigenvalue weighted by atomic mass is 10.0. The summed E-state index contributed by atoms with van der Waals surface area (Å²) in [6.07, 6.45) is 2.13. The molecule has 4 N–H and O–H groups in total. The molecule has 0 bridgehead atoms. The molecular formula is C11H18N4O3S. The summed E-state index contributed by atoms with van der Waals surface area (Å²) in [6, 6.07) is 2.44. The van der Waals surface area contributed by atoms with Gasteiger partial charge in [-0.05, 0) is 18.4 Å². The number of hydrogen-bond acceptors (Lipinski definition) is 6. The van der Waals surface area contributed by atoms with E-state index in [1.807, 2.05) is 6.92 Å². The van der Waals surface area contributed by atoms with Crippen LogP contribution in [0, 0.1) is 5.92 Å². The lowest BCUT2D eigenvalue weighted by Crippen LogP contribution is -2.39. The molecule has 0 aliphatic carbocycles. The van der Waals surface area contributed by atoms with E-state index < -0.39 is 10.0 Å². The van der Waals surface area contributed by atoms with Gasteiger partial charge in [0.05, 0.1) is 17.5 Å². The normalized spacial score (nSPS) is 24.6. The third-order valence-corrected chi connectivity index (χ3v) is 5.42. The van der Waals surface area contributed by atoms with Crippen molar-refractivity contribution in [3.63, 3.8) is 0 Å². The summed E-state index contributed by atoms with van der Waals surface area (Å²) in [5, 5.41) is 9.37. The van der Waals surface area contributed by atoms with E-state index >= 15 is 0 Å². The molecule has 1 aromatic heterocycles. The Morgan fingerprint density at radius 2 is 2.37 bits per heavy atom. The Morgan fingerprint density at radius 1 is 1.63 bits per heavy atom. The quantitative estimate of drug-likeness (QED) is 0.520. The molecule has 2 atom stereocenters. The minimum Gasteiger partial charge on any atom is -0.395 e. The van der Waals surface area contributed by atoms with Gasteiger partial charge in [0.1, 0.15) is 5.82 Å². The topological polar surface area (TPSA) is 109 Å². The van der Waals surface area contributed by atoms with Crippen molar-refractivity contribution in [2.75, 3.05) is 18.6 Å². The maximum Gasteiger partial charge on any atom is 0.243 e.